The van der Waals surface area contributed by atoms with Gasteiger partial charge in [-0.25, -0.2) is 8.42 Å². The highest BCUT2D eigenvalue weighted by atomic mass is 32.2. The van der Waals surface area contributed by atoms with Crippen LogP contribution in [0, 0.1) is 0 Å². The lowest BCUT2D eigenvalue weighted by atomic mass is 10.3. The van der Waals surface area contributed by atoms with Crippen molar-refractivity contribution < 1.29 is 13.5 Å². The lowest BCUT2D eigenvalue weighted by molar-refractivity contribution is 0.298. The average Bonchev–Trinajstić information content (AvgIpc) is 2.51. The van der Waals surface area contributed by atoms with Crippen LogP contribution in [0.5, 0.6) is 0 Å². The molecule has 1 heterocycles. The maximum absolute atomic E-state index is 10.9. The van der Waals surface area contributed by atoms with Crippen molar-refractivity contribution in [3.8, 4) is 0 Å². The van der Waals surface area contributed by atoms with E-state index in [4.69, 9.17) is 5.11 Å². The maximum atomic E-state index is 10.9. The molecule has 0 bridgehead atoms. The van der Waals surface area contributed by atoms with Crippen molar-refractivity contribution in [2.75, 3.05) is 18.6 Å². The molecule has 0 aliphatic heterocycles. The van der Waals surface area contributed by atoms with Gasteiger partial charge < -0.3 is 5.11 Å². The largest absolute Gasteiger partial charge is 0.396 e. The molecule has 86 valence electrons. The van der Waals surface area contributed by atoms with Gasteiger partial charge in [0.05, 0.1) is 11.4 Å². The molecule has 0 aliphatic carbocycles. The normalized spacial score (nSPS) is 11.9. The van der Waals surface area contributed by atoms with E-state index in [0.29, 0.717) is 19.4 Å². The molecule has 1 rings (SSSR count). The molecule has 1 aromatic heterocycles. The van der Waals surface area contributed by atoms with Crippen LogP contribution >= 0.6 is 0 Å². The van der Waals surface area contributed by atoms with Crippen LogP contribution in [-0.4, -0.2) is 47.1 Å². The van der Waals surface area contributed by atoms with Crippen molar-refractivity contribution in [3.05, 3.63) is 11.9 Å². The van der Waals surface area contributed by atoms with Gasteiger partial charge in [0.15, 0.2) is 0 Å². The number of sulfone groups is 1. The van der Waals surface area contributed by atoms with E-state index in [-0.39, 0.29) is 12.4 Å². The molecule has 0 aromatic carbocycles. The zero-order valence-electron chi connectivity index (χ0n) is 8.63. The van der Waals surface area contributed by atoms with Gasteiger partial charge in [-0.1, -0.05) is 5.21 Å². The van der Waals surface area contributed by atoms with E-state index in [1.165, 1.54) is 6.26 Å². The predicted molar refractivity (Wildman–Crippen MR) is 55.1 cm³/mol. The number of aromatic nitrogens is 3. The molecule has 0 atom stereocenters. The first-order valence-corrected chi connectivity index (χ1v) is 6.75. The first-order valence-electron chi connectivity index (χ1n) is 4.69. The third-order valence-electron chi connectivity index (χ3n) is 1.86. The van der Waals surface area contributed by atoms with Crippen molar-refractivity contribution in [3.63, 3.8) is 0 Å². The molecule has 6 nitrogen and oxygen atoms in total. The van der Waals surface area contributed by atoms with E-state index >= 15 is 0 Å². The second-order valence-electron chi connectivity index (χ2n) is 3.43. The Morgan fingerprint density at radius 1 is 1.53 bits per heavy atom. The van der Waals surface area contributed by atoms with Crippen molar-refractivity contribution >= 4 is 9.84 Å². The molecule has 0 spiro atoms. The van der Waals surface area contributed by atoms with Crippen LogP contribution in [0.3, 0.4) is 0 Å². The summed E-state index contributed by atoms with van der Waals surface area (Å²) in [6, 6.07) is 0. The lowest BCUT2D eigenvalue weighted by Gasteiger charge is -1.98. The van der Waals surface area contributed by atoms with Gasteiger partial charge in [0.2, 0.25) is 0 Å². The van der Waals surface area contributed by atoms with Crippen LogP contribution in [0.4, 0.5) is 0 Å². The first kappa shape index (κ1) is 12.1. The summed E-state index contributed by atoms with van der Waals surface area (Å²) in [5, 5.41) is 16.3. The van der Waals surface area contributed by atoms with Crippen molar-refractivity contribution in [1.29, 1.82) is 0 Å². The molecule has 0 fully saturated rings. The Bertz CT molecular complexity index is 399. The predicted octanol–water partition coefficient (Wildman–Crippen LogP) is -0.752. The number of aliphatic hydroxyl groups excluding tert-OH is 1. The Kier molecular flexibility index (Phi) is 4.22. The first-order chi connectivity index (χ1) is 7.01. The quantitative estimate of drug-likeness (QED) is 0.698. The van der Waals surface area contributed by atoms with Gasteiger partial charge in [-0.15, -0.1) is 5.10 Å². The Labute approximate surface area is 88.8 Å². The smallest absolute Gasteiger partial charge is 0.147 e. The number of rotatable bonds is 6. The van der Waals surface area contributed by atoms with Crippen LogP contribution in [0.1, 0.15) is 12.1 Å². The summed E-state index contributed by atoms with van der Waals surface area (Å²) in [4.78, 5) is 0. The fraction of sp³-hybridized carbons (Fsp3) is 0.750. The Morgan fingerprint density at radius 2 is 2.27 bits per heavy atom. The highest BCUT2D eigenvalue weighted by molar-refractivity contribution is 7.90. The highest BCUT2D eigenvalue weighted by Crippen LogP contribution is 1.97. The molecule has 0 amide bonds. The van der Waals surface area contributed by atoms with E-state index in [0.717, 1.165) is 5.69 Å². The third-order valence-corrected chi connectivity index (χ3v) is 2.89. The maximum Gasteiger partial charge on any atom is 0.147 e. The lowest BCUT2D eigenvalue weighted by Crippen LogP contribution is -2.07. The summed E-state index contributed by atoms with van der Waals surface area (Å²) in [6.07, 6.45) is 3.94. The monoisotopic (exact) mass is 233 g/mol. The summed E-state index contributed by atoms with van der Waals surface area (Å²) in [7, 11) is -2.90. The van der Waals surface area contributed by atoms with E-state index in [1.54, 1.807) is 10.9 Å². The number of hydrogen-bond acceptors (Lipinski definition) is 5. The van der Waals surface area contributed by atoms with Crippen molar-refractivity contribution in [1.82, 2.24) is 15.0 Å². The van der Waals surface area contributed by atoms with Crippen molar-refractivity contribution in [2.45, 2.75) is 19.4 Å². The van der Waals surface area contributed by atoms with E-state index in [2.05, 4.69) is 10.3 Å². The van der Waals surface area contributed by atoms with Crippen LogP contribution in [-0.2, 0) is 22.8 Å². The minimum absolute atomic E-state index is 0.0437. The molecule has 0 aliphatic rings. The molecule has 7 heteroatoms. The topological polar surface area (TPSA) is 85.1 Å². The molecule has 0 unspecified atom stereocenters. The Balaban J connectivity index is 2.38. The molecular formula is C8H15N3O3S. The molecular weight excluding hydrogens is 218 g/mol. The van der Waals surface area contributed by atoms with E-state index in [9.17, 15) is 8.42 Å². The zero-order valence-corrected chi connectivity index (χ0v) is 9.44. The van der Waals surface area contributed by atoms with Gasteiger partial charge in [0.1, 0.15) is 9.84 Å². The molecule has 0 radical (unpaired) electrons. The van der Waals surface area contributed by atoms with Crippen LogP contribution < -0.4 is 0 Å². The van der Waals surface area contributed by atoms with Gasteiger partial charge in [0.25, 0.3) is 0 Å². The van der Waals surface area contributed by atoms with Gasteiger partial charge in [-0.05, 0) is 6.42 Å². The minimum atomic E-state index is -2.90. The number of nitrogens with zero attached hydrogens (tertiary/aromatic N) is 3. The number of hydrogen-bond donors (Lipinski definition) is 1. The van der Waals surface area contributed by atoms with Gasteiger partial charge in [0, 0.05) is 32.0 Å². The Morgan fingerprint density at radius 3 is 2.87 bits per heavy atom. The SMILES string of the molecule is CS(=O)(=O)CCCn1cc(CCO)nn1. The second-order valence-corrected chi connectivity index (χ2v) is 5.69. The minimum Gasteiger partial charge on any atom is -0.396 e. The van der Waals surface area contributed by atoms with Gasteiger partial charge >= 0.3 is 0 Å². The molecule has 1 aromatic rings. The van der Waals surface area contributed by atoms with E-state index < -0.39 is 9.84 Å². The second kappa shape index (κ2) is 5.22. The summed E-state index contributed by atoms with van der Waals surface area (Å²) in [5.41, 5.74) is 0.719. The standard InChI is InChI=1S/C8H15N3O3S/c1-15(13,14)6-2-4-11-7-8(3-5-12)9-10-11/h7,12H,2-6H2,1H3. The van der Waals surface area contributed by atoms with Gasteiger partial charge in [-0.2, -0.15) is 0 Å². The number of aliphatic hydroxyl groups is 1. The van der Waals surface area contributed by atoms with Crippen LogP contribution in [0.15, 0.2) is 6.20 Å². The van der Waals surface area contributed by atoms with Crippen LogP contribution in [0.2, 0.25) is 0 Å². The Hall–Kier alpha value is -0.950. The van der Waals surface area contributed by atoms with E-state index in [1.807, 2.05) is 0 Å². The summed E-state index contributed by atoms with van der Waals surface area (Å²) in [6.45, 7) is 0.577. The molecule has 1 N–H and O–H groups in total. The average molecular weight is 233 g/mol. The van der Waals surface area contributed by atoms with Gasteiger partial charge in [-0.3, -0.25) is 4.68 Å². The summed E-state index contributed by atoms with van der Waals surface area (Å²) < 4.78 is 23.3. The third kappa shape index (κ3) is 4.89. The number of aryl methyl sites for hydroxylation is 1. The molecule has 0 saturated heterocycles. The zero-order chi connectivity index (χ0) is 11.3. The molecule has 0 saturated carbocycles. The highest BCUT2D eigenvalue weighted by Gasteiger charge is 2.03. The fourth-order valence-electron chi connectivity index (χ4n) is 1.17. The van der Waals surface area contributed by atoms with Crippen LogP contribution in [0.25, 0.3) is 0 Å². The molecule has 15 heavy (non-hydrogen) atoms. The van der Waals surface area contributed by atoms with Crippen molar-refractivity contribution in [2.24, 2.45) is 0 Å². The summed E-state index contributed by atoms with van der Waals surface area (Å²) in [5.74, 6) is 0.155. The fourth-order valence-corrected chi connectivity index (χ4v) is 1.82. The summed E-state index contributed by atoms with van der Waals surface area (Å²) >= 11 is 0.